The Morgan fingerprint density at radius 3 is 2.36 bits per heavy atom. The molecule has 0 fully saturated rings. The summed E-state index contributed by atoms with van der Waals surface area (Å²) in [6.45, 7) is 12.1. The summed E-state index contributed by atoms with van der Waals surface area (Å²) >= 11 is 1.77. The molecule has 1 atom stereocenters. The highest BCUT2D eigenvalue weighted by Crippen LogP contribution is 2.38. The Labute approximate surface area is 219 Å². The molecule has 1 unspecified atom stereocenters. The van der Waals surface area contributed by atoms with Gasteiger partial charge in [0.2, 0.25) is 5.91 Å². The fraction of sp³-hybridized carbons (Fsp3) is 0.419. The van der Waals surface area contributed by atoms with Gasteiger partial charge in [-0.2, -0.15) is 0 Å². The van der Waals surface area contributed by atoms with Crippen molar-refractivity contribution >= 4 is 23.2 Å². The van der Waals surface area contributed by atoms with E-state index in [1.165, 1.54) is 16.0 Å². The Balaban J connectivity index is 1.61. The SMILES string of the molecule is CCCCN(CC(=O)N1CCc2sccc2C1c1ccc(C(C)(C)C)cc1)C(=O)c1ccc(C)cc1. The van der Waals surface area contributed by atoms with E-state index in [2.05, 4.69) is 63.4 Å². The van der Waals surface area contributed by atoms with Crippen molar-refractivity contribution in [3.05, 3.63) is 92.7 Å². The van der Waals surface area contributed by atoms with Crippen LogP contribution in [0.4, 0.5) is 0 Å². The molecule has 0 radical (unpaired) electrons. The molecule has 1 aliphatic heterocycles. The average Bonchev–Trinajstić information content (AvgIpc) is 3.34. The molecule has 0 saturated heterocycles. The van der Waals surface area contributed by atoms with E-state index < -0.39 is 0 Å². The van der Waals surface area contributed by atoms with Gasteiger partial charge < -0.3 is 9.80 Å². The van der Waals surface area contributed by atoms with E-state index in [9.17, 15) is 9.59 Å². The van der Waals surface area contributed by atoms with Gasteiger partial charge >= 0.3 is 0 Å². The monoisotopic (exact) mass is 502 g/mol. The van der Waals surface area contributed by atoms with E-state index in [1.54, 1.807) is 16.2 Å². The summed E-state index contributed by atoms with van der Waals surface area (Å²) < 4.78 is 0. The van der Waals surface area contributed by atoms with Gasteiger partial charge in [-0.25, -0.2) is 0 Å². The Morgan fingerprint density at radius 2 is 1.72 bits per heavy atom. The predicted molar refractivity (Wildman–Crippen MR) is 149 cm³/mol. The zero-order valence-corrected chi connectivity index (χ0v) is 23.0. The third-order valence-electron chi connectivity index (χ3n) is 7.07. The minimum Gasteiger partial charge on any atom is -0.330 e. The summed E-state index contributed by atoms with van der Waals surface area (Å²) in [6, 6.07) is 18.4. The lowest BCUT2D eigenvalue weighted by Gasteiger charge is -2.38. The molecule has 0 N–H and O–H groups in total. The Bertz CT molecular complexity index is 1190. The number of rotatable bonds is 7. The average molecular weight is 503 g/mol. The normalized spacial score (nSPS) is 15.5. The molecule has 4 rings (SSSR count). The number of benzene rings is 2. The summed E-state index contributed by atoms with van der Waals surface area (Å²) in [7, 11) is 0. The molecule has 0 bridgehead atoms. The minimum absolute atomic E-state index is 0.00770. The summed E-state index contributed by atoms with van der Waals surface area (Å²) in [5, 5.41) is 2.13. The molecule has 2 amide bonds. The van der Waals surface area contributed by atoms with Crippen molar-refractivity contribution in [1.82, 2.24) is 9.80 Å². The highest BCUT2D eigenvalue weighted by molar-refractivity contribution is 7.10. The number of carbonyl (C=O) groups is 2. The number of unbranched alkanes of at least 4 members (excludes halogenated alkanes) is 1. The number of nitrogens with zero attached hydrogens (tertiary/aromatic N) is 2. The highest BCUT2D eigenvalue weighted by Gasteiger charge is 2.34. The van der Waals surface area contributed by atoms with E-state index in [0.717, 1.165) is 30.4 Å². The molecular formula is C31H38N2O2S. The third kappa shape index (κ3) is 5.73. The lowest BCUT2D eigenvalue weighted by Crippen LogP contribution is -2.47. The zero-order valence-electron chi connectivity index (χ0n) is 22.2. The van der Waals surface area contributed by atoms with Crippen molar-refractivity contribution in [2.24, 2.45) is 0 Å². The lowest BCUT2D eigenvalue weighted by atomic mass is 9.85. The zero-order chi connectivity index (χ0) is 25.9. The van der Waals surface area contributed by atoms with E-state index in [-0.39, 0.29) is 29.8 Å². The molecule has 0 spiro atoms. The second kappa shape index (κ2) is 11.0. The van der Waals surface area contributed by atoms with Crippen molar-refractivity contribution in [1.29, 1.82) is 0 Å². The Kier molecular flexibility index (Phi) is 7.99. The number of fused-ring (bicyclic) bond motifs is 1. The summed E-state index contributed by atoms with van der Waals surface area (Å²) in [5.41, 5.74) is 5.44. The predicted octanol–water partition coefficient (Wildman–Crippen LogP) is 6.77. The summed E-state index contributed by atoms with van der Waals surface area (Å²) in [5.74, 6) is -0.0653. The highest BCUT2D eigenvalue weighted by atomic mass is 32.1. The molecule has 0 aliphatic carbocycles. The Morgan fingerprint density at radius 1 is 1.03 bits per heavy atom. The van der Waals surface area contributed by atoms with E-state index in [1.807, 2.05) is 36.1 Å². The van der Waals surface area contributed by atoms with Crippen LogP contribution in [-0.4, -0.2) is 41.2 Å². The number of hydrogen-bond donors (Lipinski definition) is 0. The van der Waals surface area contributed by atoms with Gasteiger partial charge in [0.15, 0.2) is 0 Å². The van der Waals surface area contributed by atoms with Gasteiger partial charge in [0.05, 0.1) is 6.04 Å². The molecule has 190 valence electrons. The number of carbonyl (C=O) groups excluding carboxylic acids is 2. The second-order valence-electron chi connectivity index (χ2n) is 10.9. The number of amides is 2. The van der Waals surface area contributed by atoms with Crippen LogP contribution in [0.2, 0.25) is 0 Å². The maximum absolute atomic E-state index is 13.8. The molecular weight excluding hydrogens is 464 g/mol. The first-order chi connectivity index (χ1) is 17.2. The van der Waals surface area contributed by atoms with Crippen molar-refractivity contribution in [2.75, 3.05) is 19.6 Å². The largest absolute Gasteiger partial charge is 0.330 e. The number of thiophene rings is 1. The first-order valence-electron chi connectivity index (χ1n) is 13.0. The second-order valence-corrected chi connectivity index (χ2v) is 11.9. The van der Waals surface area contributed by atoms with Crippen LogP contribution in [0, 0.1) is 6.92 Å². The van der Waals surface area contributed by atoms with Crippen LogP contribution < -0.4 is 0 Å². The first kappa shape index (κ1) is 26.2. The van der Waals surface area contributed by atoms with Crippen LogP contribution in [0.15, 0.2) is 60.0 Å². The molecule has 4 nitrogen and oxygen atoms in total. The quantitative estimate of drug-likeness (QED) is 0.358. The van der Waals surface area contributed by atoms with E-state index >= 15 is 0 Å². The van der Waals surface area contributed by atoms with Crippen LogP contribution in [0.5, 0.6) is 0 Å². The molecule has 3 aromatic rings. The molecule has 1 aliphatic rings. The molecule has 1 aromatic heterocycles. The third-order valence-corrected chi connectivity index (χ3v) is 8.07. The lowest BCUT2D eigenvalue weighted by molar-refractivity contribution is -0.134. The number of hydrogen-bond acceptors (Lipinski definition) is 3. The Hall–Kier alpha value is -2.92. The molecule has 5 heteroatoms. The van der Waals surface area contributed by atoms with Crippen LogP contribution in [0.1, 0.15) is 84.1 Å². The summed E-state index contributed by atoms with van der Waals surface area (Å²) in [4.78, 5) is 32.3. The summed E-state index contributed by atoms with van der Waals surface area (Å²) in [6.07, 6.45) is 2.70. The molecule has 36 heavy (non-hydrogen) atoms. The van der Waals surface area contributed by atoms with Gasteiger partial charge in [0.25, 0.3) is 5.91 Å². The van der Waals surface area contributed by atoms with Crippen LogP contribution in [0.25, 0.3) is 0 Å². The molecule has 2 aromatic carbocycles. The minimum atomic E-state index is -0.121. The fourth-order valence-corrected chi connectivity index (χ4v) is 5.75. The van der Waals surface area contributed by atoms with Gasteiger partial charge in [-0.3, -0.25) is 9.59 Å². The first-order valence-corrected chi connectivity index (χ1v) is 13.9. The van der Waals surface area contributed by atoms with Crippen molar-refractivity contribution < 1.29 is 9.59 Å². The van der Waals surface area contributed by atoms with Crippen molar-refractivity contribution in [3.8, 4) is 0 Å². The van der Waals surface area contributed by atoms with Crippen LogP contribution >= 0.6 is 11.3 Å². The van der Waals surface area contributed by atoms with E-state index in [0.29, 0.717) is 18.7 Å². The van der Waals surface area contributed by atoms with Crippen LogP contribution in [0.3, 0.4) is 0 Å². The molecule has 2 heterocycles. The maximum Gasteiger partial charge on any atom is 0.254 e. The topological polar surface area (TPSA) is 40.6 Å². The van der Waals surface area contributed by atoms with Crippen LogP contribution in [-0.2, 0) is 16.6 Å². The smallest absolute Gasteiger partial charge is 0.254 e. The van der Waals surface area contributed by atoms with Crippen molar-refractivity contribution in [3.63, 3.8) is 0 Å². The van der Waals surface area contributed by atoms with Crippen molar-refractivity contribution in [2.45, 2.75) is 65.3 Å². The molecule has 0 saturated carbocycles. The van der Waals surface area contributed by atoms with Gasteiger partial charge in [-0.05, 0) is 65.4 Å². The maximum atomic E-state index is 13.8. The number of aryl methyl sites for hydroxylation is 1. The van der Waals surface area contributed by atoms with Gasteiger partial charge in [-0.1, -0.05) is 76.1 Å². The standard InChI is InChI=1S/C31H38N2O2S/c1-6-7-18-32(30(35)24-10-8-22(2)9-11-24)21-28(34)33-19-16-27-26(17-20-36-27)29(33)23-12-14-25(15-13-23)31(3,4)5/h8-15,17,20,29H,6-7,16,18-19,21H2,1-5H3. The fourth-order valence-electron chi connectivity index (χ4n) is 4.84. The van der Waals surface area contributed by atoms with Gasteiger partial charge in [0, 0.05) is 23.5 Å². The van der Waals surface area contributed by atoms with E-state index in [4.69, 9.17) is 0 Å². The van der Waals surface area contributed by atoms with Gasteiger partial charge in [0.1, 0.15) is 6.54 Å². The van der Waals surface area contributed by atoms with Gasteiger partial charge in [-0.15, -0.1) is 11.3 Å².